The number of pyridine rings is 1. The molecule has 6 rings (SSSR count). The summed E-state index contributed by atoms with van der Waals surface area (Å²) in [5.74, 6) is 0.638. The molecule has 4 nitrogen and oxygen atoms in total. The van der Waals surface area contributed by atoms with Crippen molar-refractivity contribution in [1.29, 1.82) is 5.26 Å². The molecule has 4 aromatic rings. The van der Waals surface area contributed by atoms with Crippen molar-refractivity contribution in [2.45, 2.75) is 38.7 Å². The second-order valence-electron chi connectivity index (χ2n) is 8.98. The summed E-state index contributed by atoms with van der Waals surface area (Å²) in [6, 6.07) is 17.2. The average Bonchev–Trinajstić information content (AvgIpc) is 3.63. The van der Waals surface area contributed by atoms with Gasteiger partial charge in [0.1, 0.15) is 18.2 Å². The molecule has 168 valence electrons. The highest BCUT2D eigenvalue weighted by molar-refractivity contribution is 9.10. The number of nitrogens with zero attached hydrogens (tertiary/aromatic N) is 3. The summed E-state index contributed by atoms with van der Waals surface area (Å²) < 4.78 is 23.1. The zero-order valence-corrected chi connectivity index (χ0v) is 20.2. The van der Waals surface area contributed by atoms with Crippen molar-refractivity contribution >= 4 is 27.2 Å². The molecule has 1 fully saturated rings. The van der Waals surface area contributed by atoms with Crippen LogP contribution in [0.15, 0.2) is 64.8 Å². The predicted octanol–water partition coefficient (Wildman–Crippen LogP) is 6.94. The Balaban J connectivity index is 1.45. The number of ether oxygens (including phenoxy) is 1. The second-order valence-corrected chi connectivity index (χ2v) is 9.83. The lowest BCUT2D eigenvalue weighted by Crippen LogP contribution is -2.02. The smallest absolute Gasteiger partial charge is 0.151 e. The summed E-state index contributed by atoms with van der Waals surface area (Å²) in [6.07, 6.45) is 5.18. The Bertz CT molecular complexity index is 1540. The highest BCUT2D eigenvalue weighted by atomic mass is 79.9. The first-order valence-electron chi connectivity index (χ1n) is 11.3. The lowest BCUT2D eigenvalue weighted by molar-refractivity contribution is 0.305. The van der Waals surface area contributed by atoms with Gasteiger partial charge in [0, 0.05) is 41.3 Å². The molecule has 0 amide bonds. The van der Waals surface area contributed by atoms with Crippen LogP contribution in [0, 0.1) is 17.1 Å². The summed E-state index contributed by atoms with van der Waals surface area (Å²) in [6.45, 7) is 2.11. The molecule has 0 spiro atoms. The second kappa shape index (κ2) is 8.11. The Labute approximate surface area is 205 Å². The quantitative estimate of drug-likeness (QED) is 0.278. The van der Waals surface area contributed by atoms with Crippen molar-refractivity contribution in [2.24, 2.45) is 0 Å². The molecule has 3 heterocycles. The van der Waals surface area contributed by atoms with Crippen LogP contribution in [-0.2, 0) is 13.0 Å². The highest BCUT2D eigenvalue weighted by Crippen LogP contribution is 2.43. The predicted molar refractivity (Wildman–Crippen MR) is 132 cm³/mol. The third-order valence-corrected chi connectivity index (χ3v) is 7.26. The number of halogens is 2. The van der Waals surface area contributed by atoms with Crippen LogP contribution in [0.5, 0.6) is 5.75 Å². The van der Waals surface area contributed by atoms with Crippen molar-refractivity contribution in [3.8, 4) is 11.8 Å². The van der Waals surface area contributed by atoms with Crippen molar-refractivity contribution < 1.29 is 9.13 Å². The van der Waals surface area contributed by atoms with Crippen LogP contribution in [0.4, 0.5) is 4.39 Å². The summed E-state index contributed by atoms with van der Waals surface area (Å²) in [7, 11) is 0. The third-order valence-electron chi connectivity index (χ3n) is 6.65. The maximum atomic E-state index is 13.9. The molecule has 6 heteroatoms. The Morgan fingerprint density at radius 3 is 2.82 bits per heavy atom. The monoisotopic (exact) mass is 513 g/mol. The number of hydrogen-bond acceptors (Lipinski definition) is 3. The van der Waals surface area contributed by atoms with E-state index in [2.05, 4.69) is 50.8 Å². The maximum absolute atomic E-state index is 13.9. The molecule has 2 aromatic heterocycles. The Kier molecular flexibility index (Phi) is 5.04. The number of hydrogen-bond donors (Lipinski definition) is 0. The number of rotatable bonds is 3. The van der Waals surface area contributed by atoms with Crippen molar-refractivity contribution in [3.05, 3.63) is 104 Å². The first-order chi connectivity index (χ1) is 16.5. The van der Waals surface area contributed by atoms with Gasteiger partial charge < -0.3 is 9.14 Å². The van der Waals surface area contributed by atoms with Crippen LogP contribution in [0.1, 0.15) is 59.3 Å². The standard InChI is InChI=1S/C28H21BrFN3O/c1-16(14-31)26-21-8-4-17(11-19(21)15-34-25-13-20(30)7-9-22(25)26)12-24-27(18-5-6-18)32-28-23(29)3-2-10-33(24)28/h2-4,7-11,13,18H,5-6,12,15H2,1H3/b26-16+. The molecular weight excluding hydrogens is 493 g/mol. The van der Waals surface area contributed by atoms with E-state index in [9.17, 15) is 9.65 Å². The van der Waals surface area contributed by atoms with Crippen LogP contribution < -0.4 is 4.74 Å². The molecule has 2 aromatic carbocycles. The van der Waals surface area contributed by atoms with Gasteiger partial charge in [-0.1, -0.05) is 18.2 Å². The van der Waals surface area contributed by atoms with Gasteiger partial charge in [0.2, 0.25) is 0 Å². The highest BCUT2D eigenvalue weighted by Gasteiger charge is 2.30. The zero-order valence-electron chi connectivity index (χ0n) is 18.6. The molecule has 0 N–H and O–H groups in total. The lowest BCUT2D eigenvalue weighted by Gasteiger charge is -2.13. The Hall–Kier alpha value is -3.43. The van der Waals surface area contributed by atoms with E-state index in [4.69, 9.17) is 9.72 Å². The van der Waals surface area contributed by atoms with Crippen molar-refractivity contribution in [1.82, 2.24) is 9.38 Å². The molecule has 0 saturated heterocycles. The first kappa shape index (κ1) is 21.1. The van der Waals surface area contributed by atoms with E-state index in [1.54, 1.807) is 13.0 Å². The van der Waals surface area contributed by atoms with Gasteiger partial charge in [0.15, 0.2) is 5.65 Å². The fourth-order valence-corrected chi connectivity index (χ4v) is 5.29. The van der Waals surface area contributed by atoms with E-state index in [-0.39, 0.29) is 5.82 Å². The summed E-state index contributed by atoms with van der Waals surface area (Å²) in [5, 5.41) is 9.69. The maximum Gasteiger partial charge on any atom is 0.151 e. The van der Waals surface area contributed by atoms with Crippen LogP contribution >= 0.6 is 15.9 Å². The normalized spacial score (nSPS) is 16.3. The minimum absolute atomic E-state index is 0.315. The fraction of sp³-hybridized carbons (Fsp3) is 0.214. The lowest BCUT2D eigenvalue weighted by atomic mass is 9.89. The number of nitriles is 1. The van der Waals surface area contributed by atoms with Gasteiger partial charge in [-0.3, -0.25) is 0 Å². The van der Waals surface area contributed by atoms with Crippen LogP contribution in [0.3, 0.4) is 0 Å². The average molecular weight is 514 g/mol. The number of benzene rings is 2. The van der Waals surface area contributed by atoms with Gasteiger partial charge >= 0.3 is 0 Å². The minimum atomic E-state index is -0.356. The van der Waals surface area contributed by atoms with E-state index < -0.39 is 0 Å². The van der Waals surface area contributed by atoms with Crippen molar-refractivity contribution in [3.63, 3.8) is 0 Å². The molecule has 1 aliphatic carbocycles. The summed E-state index contributed by atoms with van der Waals surface area (Å²) >= 11 is 3.65. The zero-order chi connectivity index (χ0) is 23.4. The van der Waals surface area contributed by atoms with E-state index in [1.165, 1.54) is 36.4 Å². The van der Waals surface area contributed by atoms with Crippen LogP contribution in [-0.4, -0.2) is 9.38 Å². The van der Waals surface area contributed by atoms with Gasteiger partial charge in [-0.2, -0.15) is 5.26 Å². The number of imidazole rings is 1. The molecule has 34 heavy (non-hydrogen) atoms. The van der Waals surface area contributed by atoms with Gasteiger partial charge in [0.25, 0.3) is 0 Å². The largest absolute Gasteiger partial charge is 0.488 e. The number of allylic oxidation sites excluding steroid dienone is 1. The SMILES string of the molecule is C/C(C#N)=C1/c2ccc(Cc3c(C4CC4)nc4c(Br)cccn34)cc2COc2cc(F)ccc21. The summed E-state index contributed by atoms with van der Waals surface area (Å²) in [4.78, 5) is 4.97. The number of aromatic nitrogens is 2. The van der Waals surface area contributed by atoms with Gasteiger partial charge in [-0.15, -0.1) is 0 Å². The molecular formula is C28H21BrFN3O. The van der Waals surface area contributed by atoms with E-state index in [0.29, 0.717) is 23.8 Å². The molecule has 1 aliphatic heterocycles. The molecule has 2 aliphatic rings. The number of fused-ring (bicyclic) bond motifs is 3. The van der Waals surface area contributed by atoms with E-state index in [1.807, 2.05) is 12.1 Å². The van der Waals surface area contributed by atoms with Crippen LogP contribution in [0.2, 0.25) is 0 Å². The van der Waals surface area contributed by atoms with E-state index in [0.717, 1.165) is 44.4 Å². The van der Waals surface area contributed by atoms with Gasteiger partial charge in [0.05, 0.1) is 21.9 Å². The van der Waals surface area contributed by atoms with Crippen LogP contribution in [0.25, 0.3) is 11.2 Å². The van der Waals surface area contributed by atoms with Crippen molar-refractivity contribution in [2.75, 3.05) is 0 Å². The van der Waals surface area contributed by atoms with Gasteiger partial charge in [-0.25, -0.2) is 9.37 Å². The van der Waals surface area contributed by atoms with Gasteiger partial charge in [-0.05, 0) is 76.7 Å². The third kappa shape index (κ3) is 3.52. The Morgan fingerprint density at radius 2 is 2.03 bits per heavy atom. The Morgan fingerprint density at radius 1 is 1.21 bits per heavy atom. The molecule has 0 bridgehead atoms. The van der Waals surface area contributed by atoms with E-state index >= 15 is 0 Å². The minimum Gasteiger partial charge on any atom is -0.488 e. The fourth-order valence-electron chi connectivity index (χ4n) is 4.86. The molecule has 0 atom stereocenters. The molecule has 0 radical (unpaired) electrons. The topological polar surface area (TPSA) is 50.3 Å². The first-order valence-corrected chi connectivity index (χ1v) is 12.1. The molecule has 1 saturated carbocycles. The molecule has 0 unspecified atom stereocenters. The summed E-state index contributed by atoms with van der Waals surface area (Å²) in [5.41, 5.74) is 8.56.